The van der Waals surface area contributed by atoms with Crippen LogP contribution < -0.4 is 16.1 Å². The van der Waals surface area contributed by atoms with Gasteiger partial charge in [-0.05, 0) is 0 Å². The smallest absolute Gasteiger partial charge is 0.332 e. The lowest BCUT2D eigenvalue weighted by atomic mass is 10.3. The molecule has 0 aliphatic carbocycles. The van der Waals surface area contributed by atoms with Crippen LogP contribution in [0, 0.1) is 0 Å². The Morgan fingerprint density at radius 2 is 1.95 bits per heavy atom. The van der Waals surface area contributed by atoms with E-state index in [0.29, 0.717) is 24.3 Å². The van der Waals surface area contributed by atoms with E-state index in [1.165, 1.54) is 35.7 Å². The van der Waals surface area contributed by atoms with Gasteiger partial charge in [-0.1, -0.05) is 0 Å². The van der Waals surface area contributed by atoms with Gasteiger partial charge in [-0.2, -0.15) is 0 Å². The predicted molar refractivity (Wildman–Crippen MR) is 81.0 cm³/mol. The zero-order valence-electron chi connectivity index (χ0n) is 12.9. The van der Waals surface area contributed by atoms with Gasteiger partial charge < -0.3 is 14.6 Å². The van der Waals surface area contributed by atoms with E-state index in [1.807, 2.05) is 0 Å². The molecule has 0 saturated carbocycles. The summed E-state index contributed by atoms with van der Waals surface area (Å²) in [6.07, 6.45) is 3.40. The van der Waals surface area contributed by atoms with Gasteiger partial charge in [-0.3, -0.25) is 13.9 Å². The maximum absolute atomic E-state index is 12.3. The number of fused-ring (bicyclic) bond motifs is 1. The van der Waals surface area contributed by atoms with Gasteiger partial charge in [0.2, 0.25) is 0 Å². The lowest BCUT2D eigenvalue weighted by molar-refractivity contribution is -0.890. The molecule has 1 aliphatic heterocycles. The van der Waals surface area contributed by atoms with Gasteiger partial charge in [0.05, 0.1) is 26.0 Å². The SMILES string of the molecule is Cn1c(=O)c2c(ncn2C[C@@H](O)C[NH+]2CCCC2)n(C)c1=O. The Balaban J connectivity index is 1.91. The molecule has 1 saturated heterocycles. The van der Waals surface area contributed by atoms with Crippen molar-refractivity contribution in [2.24, 2.45) is 14.1 Å². The number of nitrogens with one attached hydrogen (secondary N) is 1. The molecule has 1 fully saturated rings. The first-order valence-corrected chi connectivity index (χ1v) is 7.61. The first-order valence-electron chi connectivity index (χ1n) is 7.61. The highest BCUT2D eigenvalue weighted by molar-refractivity contribution is 5.69. The highest BCUT2D eigenvalue weighted by atomic mass is 16.3. The summed E-state index contributed by atoms with van der Waals surface area (Å²) < 4.78 is 4.07. The molecule has 22 heavy (non-hydrogen) atoms. The van der Waals surface area contributed by atoms with E-state index in [2.05, 4.69) is 4.98 Å². The van der Waals surface area contributed by atoms with Crippen molar-refractivity contribution in [2.75, 3.05) is 19.6 Å². The average Bonchev–Trinajstić information content (AvgIpc) is 3.12. The Kier molecular flexibility index (Phi) is 3.88. The number of likely N-dealkylation sites (tertiary alicyclic amines) is 1. The third-order valence-corrected chi connectivity index (χ3v) is 4.46. The number of hydrogen-bond acceptors (Lipinski definition) is 4. The van der Waals surface area contributed by atoms with E-state index < -0.39 is 11.8 Å². The van der Waals surface area contributed by atoms with Crippen molar-refractivity contribution in [2.45, 2.75) is 25.5 Å². The number of imidazole rings is 1. The van der Waals surface area contributed by atoms with E-state index in [0.717, 1.165) is 17.7 Å². The molecule has 1 aliphatic rings. The molecule has 8 heteroatoms. The van der Waals surface area contributed by atoms with E-state index in [4.69, 9.17) is 0 Å². The van der Waals surface area contributed by atoms with Gasteiger partial charge >= 0.3 is 5.69 Å². The molecular weight excluding hydrogens is 286 g/mol. The molecular formula is C14H22N5O3+. The third kappa shape index (κ3) is 2.48. The maximum Gasteiger partial charge on any atom is 0.332 e. The first-order chi connectivity index (χ1) is 10.5. The van der Waals surface area contributed by atoms with E-state index >= 15 is 0 Å². The zero-order valence-corrected chi connectivity index (χ0v) is 12.9. The predicted octanol–water partition coefficient (Wildman–Crippen LogP) is -2.53. The minimum atomic E-state index is -0.535. The molecule has 2 aromatic rings. The van der Waals surface area contributed by atoms with Crippen LogP contribution in [0.15, 0.2) is 15.9 Å². The summed E-state index contributed by atoms with van der Waals surface area (Å²) in [5, 5.41) is 10.3. The van der Waals surface area contributed by atoms with E-state index in [1.54, 1.807) is 11.6 Å². The fourth-order valence-electron chi connectivity index (χ4n) is 3.24. The van der Waals surface area contributed by atoms with Crippen LogP contribution in [-0.4, -0.2) is 49.5 Å². The standard InChI is InChI=1S/C14H21N5O3/c1-16-12-11(13(21)17(2)14(16)22)19(9-15-12)8-10(20)7-18-5-3-4-6-18/h9-10,20H,3-8H2,1-2H3/p+1/t10-/m0/s1. The van der Waals surface area contributed by atoms with Crippen LogP contribution in [0.4, 0.5) is 0 Å². The van der Waals surface area contributed by atoms with Crippen molar-refractivity contribution >= 4 is 11.2 Å². The van der Waals surface area contributed by atoms with Gasteiger partial charge in [-0.25, -0.2) is 9.78 Å². The Morgan fingerprint density at radius 1 is 1.27 bits per heavy atom. The number of aliphatic hydroxyl groups is 1. The Bertz CT molecular complexity index is 797. The van der Waals surface area contributed by atoms with Crippen molar-refractivity contribution in [1.82, 2.24) is 18.7 Å². The highest BCUT2D eigenvalue weighted by Crippen LogP contribution is 2.06. The quantitative estimate of drug-likeness (QED) is 0.652. The minimum absolute atomic E-state index is 0.313. The fraction of sp³-hybridized carbons (Fsp3) is 0.643. The molecule has 0 unspecified atom stereocenters. The second kappa shape index (κ2) is 5.69. The molecule has 1 atom stereocenters. The molecule has 0 bridgehead atoms. The molecule has 0 spiro atoms. The normalized spacial score (nSPS) is 17.4. The summed E-state index contributed by atoms with van der Waals surface area (Å²) in [7, 11) is 3.04. The summed E-state index contributed by atoms with van der Waals surface area (Å²) in [5.74, 6) is 0. The van der Waals surface area contributed by atoms with Gasteiger partial charge in [0.1, 0.15) is 12.6 Å². The number of nitrogens with zero attached hydrogens (tertiary/aromatic N) is 4. The molecule has 0 radical (unpaired) electrons. The van der Waals surface area contributed by atoms with Crippen LogP contribution in [0.1, 0.15) is 12.8 Å². The van der Waals surface area contributed by atoms with Gasteiger partial charge in [0.25, 0.3) is 5.56 Å². The second-order valence-corrected chi connectivity index (χ2v) is 6.09. The first kappa shape index (κ1) is 15.0. The van der Waals surface area contributed by atoms with Gasteiger partial charge in [0, 0.05) is 26.9 Å². The molecule has 0 aromatic carbocycles. The van der Waals surface area contributed by atoms with Crippen LogP contribution in [0.3, 0.4) is 0 Å². The summed E-state index contributed by atoms with van der Waals surface area (Å²) in [5.41, 5.74) is -0.0602. The summed E-state index contributed by atoms with van der Waals surface area (Å²) in [6.45, 7) is 3.18. The van der Waals surface area contributed by atoms with E-state index in [-0.39, 0.29) is 5.56 Å². The van der Waals surface area contributed by atoms with Crippen LogP contribution in [0.5, 0.6) is 0 Å². The Morgan fingerprint density at radius 3 is 2.64 bits per heavy atom. The van der Waals surface area contributed by atoms with Crippen LogP contribution in [-0.2, 0) is 20.6 Å². The summed E-state index contributed by atoms with van der Waals surface area (Å²) in [6, 6.07) is 0. The summed E-state index contributed by atoms with van der Waals surface area (Å²) in [4.78, 5) is 29.8. The van der Waals surface area contributed by atoms with Crippen molar-refractivity contribution in [3.63, 3.8) is 0 Å². The molecule has 8 nitrogen and oxygen atoms in total. The molecule has 2 N–H and O–H groups in total. The maximum atomic E-state index is 12.3. The van der Waals surface area contributed by atoms with Gasteiger partial charge in [-0.15, -0.1) is 0 Å². The van der Waals surface area contributed by atoms with Crippen molar-refractivity contribution < 1.29 is 10.0 Å². The fourth-order valence-corrected chi connectivity index (χ4v) is 3.24. The Hall–Kier alpha value is -1.93. The second-order valence-electron chi connectivity index (χ2n) is 6.09. The van der Waals surface area contributed by atoms with Crippen molar-refractivity contribution in [3.8, 4) is 0 Å². The number of quaternary nitrogens is 1. The van der Waals surface area contributed by atoms with Crippen LogP contribution in [0.2, 0.25) is 0 Å². The highest BCUT2D eigenvalue weighted by Gasteiger charge is 2.21. The number of aliphatic hydroxyl groups excluding tert-OH is 1. The molecule has 2 aromatic heterocycles. The largest absolute Gasteiger partial charge is 0.385 e. The lowest BCUT2D eigenvalue weighted by Crippen LogP contribution is -3.11. The van der Waals surface area contributed by atoms with Gasteiger partial charge in [0.15, 0.2) is 11.2 Å². The third-order valence-electron chi connectivity index (χ3n) is 4.46. The van der Waals surface area contributed by atoms with Crippen molar-refractivity contribution in [1.29, 1.82) is 0 Å². The average molecular weight is 308 g/mol. The minimum Gasteiger partial charge on any atom is -0.385 e. The molecule has 3 heterocycles. The number of rotatable bonds is 4. The number of hydrogen-bond donors (Lipinski definition) is 2. The molecule has 120 valence electrons. The zero-order chi connectivity index (χ0) is 15.9. The number of aromatic nitrogens is 4. The van der Waals surface area contributed by atoms with Crippen LogP contribution in [0.25, 0.3) is 11.2 Å². The number of aryl methyl sites for hydroxylation is 1. The molecule has 0 amide bonds. The van der Waals surface area contributed by atoms with Crippen molar-refractivity contribution in [3.05, 3.63) is 27.2 Å². The monoisotopic (exact) mass is 308 g/mol. The Labute approximate surface area is 127 Å². The van der Waals surface area contributed by atoms with E-state index in [9.17, 15) is 14.7 Å². The lowest BCUT2D eigenvalue weighted by Gasteiger charge is -2.17. The van der Waals surface area contributed by atoms with Crippen LogP contribution >= 0.6 is 0 Å². The summed E-state index contributed by atoms with van der Waals surface area (Å²) >= 11 is 0. The molecule has 3 rings (SSSR count). The topological polar surface area (TPSA) is 86.5 Å².